The molecule has 4 heteroatoms. The number of anilines is 2. The highest BCUT2D eigenvalue weighted by molar-refractivity contribution is 5.48. The number of aryl methyl sites for hydroxylation is 1. The number of hydrogen-bond acceptors (Lipinski definition) is 4. The summed E-state index contributed by atoms with van der Waals surface area (Å²) < 4.78 is 0. The van der Waals surface area contributed by atoms with Gasteiger partial charge in [0.15, 0.2) is 0 Å². The van der Waals surface area contributed by atoms with Gasteiger partial charge in [-0.05, 0) is 38.0 Å². The van der Waals surface area contributed by atoms with Crippen LogP contribution in [0.15, 0.2) is 6.07 Å². The lowest BCUT2D eigenvalue weighted by atomic mass is 9.95. The Hall–Kier alpha value is -1.32. The van der Waals surface area contributed by atoms with Gasteiger partial charge in [-0.2, -0.15) is 0 Å². The second-order valence-corrected chi connectivity index (χ2v) is 5.36. The summed E-state index contributed by atoms with van der Waals surface area (Å²) in [6.45, 7) is 1.94. The van der Waals surface area contributed by atoms with Crippen molar-refractivity contribution < 1.29 is 0 Å². The first-order chi connectivity index (χ1) is 8.24. The van der Waals surface area contributed by atoms with Gasteiger partial charge in [0.25, 0.3) is 0 Å². The van der Waals surface area contributed by atoms with Crippen LogP contribution in [0.25, 0.3) is 0 Å². The highest BCUT2D eigenvalue weighted by Gasteiger charge is 2.39. The summed E-state index contributed by atoms with van der Waals surface area (Å²) in [4.78, 5) is 8.78. The van der Waals surface area contributed by atoms with Crippen LogP contribution in [0.4, 0.5) is 11.6 Å². The van der Waals surface area contributed by atoms with E-state index in [2.05, 4.69) is 20.6 Å². The number of nitrogens with one attached hydrogen (secondary N) is 2. The second-order valence-electron chi connectivity index (χ2n) is 5.36. The molecule has 2 saturated carbocycles. The molecule has 0 spiro atoms. The van der Waals surface area contributed by atoms with Crippen LogP contribution in [0.1, 0.15) is 31.5 Å². The summed E-state index contributed by atoms with van der Waals surface area (Å²) in [6.07, 6.45) is 5.57. The van der Waals surface area contributed by atoms with Gasteiger partial charge in [-0.25, -0.2) is 9.97 Å². The second kappa shape index (κ2) is 4.17. The molecule has 2 bridgehead atoms. The molecule has 0 amide bonds. The molecule has 92 valence electrons. The zero-order chi connectivity index (χ0) is 11.8. The minimum atomic E-state index is 0.632. The number of rotatable bonds is 3. The molecule has 4 nitrogen and oxygen atoms in total. The highest BCUT2D eigenvalue weighted by atomic mass is 15.1. The average molecular weight is 232 g/mol. The van der Waals surface area contributed by atoms with Gasteiger partial charge in [0, 0.05) is 19.2 Å². The normalized spacial score (nSPS) is 30.6. The third-order valence-corrected chi connectivity index (χ3v) is 4.17. The molecule has 3 atom stereocenters. The van der Waals surface area contributed by atoms with E-state index in [1.807, 2.05) is 20.0 Å². The molecule has 2 N–H and O–H groups in total. The Morgan fingerprint density at radius 3 is 2.65 bits per heavy atom. The lowest BCUT2D eigenvalue weighted by Crippen LogP contribution is -2.26. The van der Waals surface area contributed by atoms with Crippen molar-refractivity contribution in [3.05, 3.63) is 11.9 Å². The fourth-order valence-corrected chi connectivity index (χ4v) is 3.38. The van der Waals surface area contributed by atoms with Gasteiger partial charge in [0.05, 0.1) is 0 Å². The van der Waals surface area contributed by atoms with Crippen LogP contribution < -0.4 is 10.6 Å². The van der Waals surface area contributed by atoms with Gasteiger partial charge in [0.2, 0.25) is 0 Å². The molecule has 1 aromatic rings. The predicted octanol–water partition coefficient (Wildman–Crippen LogP) is 2.43. The minimum Gasteiger partial charge on any atom is -0.373 e. The van der Waals surface area contributed by atoms with E-state index in [1.165, 1.54) is 25.7 Å². The standard InChI is InChI=1S/C13H20N4/c1-8-15-12(14-2)7-13(16-8)17-11-6-9-3-4-10(11)5-9/h7,9-11H,3-6H2,1-2H3,(H2,14,15,16,17). The summed E-state index contributed by atoms with van der Waals surface area (Å²) in [6, 6.07) is 2.63. The van der Waals surface area contributed by atoms with E-state index in [1.54, 1.807) is 0 Å². The molecular weight excluding hydrogens is 212 g/mol. The Kier molecular flexibility index (Phi) is 2.65. The van der Waals surface area contributed by atoms with E-state index in [-0.39, 0.29) is 0 Å². The van der Waals surface area contributed by atoms with Crippen LogP contribution in [0, 0.1) is 18.8 Å². The van der Waals surface area contributed by atoms with E-state index in [0.717, 1.165) is 29.3 Å². The van der Waals surface area contributed by atoms with Crippen LogP contribution in [0.5, 0.6) is 0 Å². The Labute approximate surface area is 102 Å². The minimum absolute atomic E-state index is 0.632. The Morgan fingerprint density at radius 2 is 2.00 bits per heavy atom. The van der Waals surface area contributed by atoms with E-state index in [9.17, 15) is 0 Å². The molecular formula is C13H20N4. The third-order valence-electron chi connectivity index (χ3n) is 4.17. The zero-order valence-electron chi connectivity index (χ0n) is 10.5. The first-order valence-electron chi connectivity index (χ1n) is 6.54. The molecule has 3 unspecified atom stereocenters. The quantitative estimate of drug-likeness (QED) is 0.840. The lowest BCUT2D eigenvalue weighted by molar-refractivity contribution is 0.439. The summed E-state index contributed by atoms with van der Waals surface area (Å²) in [5.41, 5.74) is 0. The molecule has 0 aliphatic heterocycles. The molecule has 1 heterocycles. The Morgan fingerprint density at radius 1 is 1.18 bits per heavy atom. The first-order valence-corrected chi connectivity index (χ1v) is 6.54. The largest absolute Gasteiger partial charge is 0.373 e. The van der Waals surface area contributed by atoms with Crippen LogP contribution in [-0.4, -0.2) is 23.1 Å². The smallest absolute Gasteiger partial charge is 0.132 e. The molecule has 17 heavy (non-hydrogen) atoms. The van der Waals surface area contributed by atoms with Crippen molar-refractivity contribution in [3.8, 4) is 0 Å². The summed E-state index contributed by atoms with van der Waals surface area (Å²) in [5.74, 6) is 4.52. The maximum Gasteiger partial charge on any atom is 0.132 e. The van der Waals surface area contributed by atoms with Crippen LogP contribution in [0.2, 0.25) is 0 Å². The van der Waals surface area contributed by atoms with Crippen molar-refractivity contribution in [2.45, 2.75) is 38.6 Å². The molecule has 0 radical (unpaired) electrons. The first kappa shape index (κ1) is 10.8. The van der Waals surface area contributed by atoms with E-state index >= 15 is 0 Å². The van der Waals surface area contributed by atoms with Crippen LogP contribution in [0.3, 0.4) is 0 Å². The maximum absolute atomic E-state index is 4.47. The number of hydrogen-bond donors (Lipinski definition) is 2. The van der Waals surface area contributed by atoms with Gasteiger partial charge < -0.3 is 10.6 Å². The maximum atomic E-state index is 4.47. The molecule has 2 aliphatic carbocycles. The fourth-order valence-electron chi connectivity index (χ4n) is 3.38. The average Bonchev–Trinajstić information content (AvgIpc) is 2.90. The highest BCUT2D eigenvalue weighted by Crippen LogP contribution is 2.45. The van der Waals surface area contributed by atoms with Crippen molar-refractivity contribution in [2.24, 2.45) is 11.8 Å². The van der Waals surface area contributed by atoms with Crippen molar-refractivity contribution in [1.29, 1.82) is 0 Å². The fraction of sp³-hybridized carbons (Fsp3) is 0.692. The third kappa shape index (κ3) is 2.08. The molecule has 1 aromatic heterocycles. The number of aromatic nitrogens is 2. The molecule has 0 aromatic carbocycles. The summed E-state index contributed by atoms with van der Waals surface area (Å²) >= 11 is 0. The lowest BCUT2D eigenvalue weighted by Gasteiger charge is -2.23. The topological polar surface area (TPSA) is 49.8 Å². The molecule has 2 aliphatic rings. The van der Waals surface area contributed by atoms with Crippen molar-refractivity contribution >= 4 is 11.6 Å². The predicted molar refractivity (Wildman–Crippen MR) is 69.2 cm³/mol. The Bertz CT molecular complexity index is 418. The van der Waals surface area contributed by atoms with Gasteiger partial charge in [-0.3, -0.25) is 0 Å². The molecule has 0 saturated heterocycles. The van der Waals surface area contributed by atoms with Crippen molar-refractivity contribution in [1.82, 2.24) is 9.97 Å². The van der Waals surface area contributed by atoms with Gasteiger partial charge in [-0.15, -0.1) is 0 Å². The molecule has 3 rings (SSSR count). The van der Waals surface area contributed by atoms with Gasteiger partial charge >= 0.3 is 0 Å². The van der Waals surface area contributed by atoms with E-state index < -0.39 is 0 Å². The summed E-state index contributed by atoms with van der Waals surface area (Å²) in [7, 11) is 1.89. The van der Waals surface area contributed by atoms with Gasteiger partial charge in [0.1, 0.15) is 17.5 Å². The SMILES string of the molecule is CNc1cc(NC2CC3CCC2C3)nc(C)n1. The van der Waals surface area contributed by atoms with Crippen LogP contribution >= 0.6 is 0 Å². The monoisotopic (exact) mass is 232 g/mol. The zero-order valence-corrected chi connectivity index (χ0v) is 10.5. The van der Waals surface area contributed by atoms with Crippen LogP contribution in [-0.2, 0) is 0 Å². The number of fused-ring (bicyclic) bond motifs is 2. The molecule has 2 fully saturated rings. The van der Waals surface area contributed by atoms with Gasteiger partial charge in [-0.1, -0.05) is 6.42 Å². The van der Waals surface area contributed by atoms with E-state index in [0.29, 0.717) is 6.04 Å². The van der Waals surface area contributed by atoms with Crippen molar-refractivity contribution in [3.63, 3.8) is 0 Å². The summed E-state index contributed by atoms with van der Waals surface area (Å²) in [5, 5.41) is 6.67. The number of nitrogens with zero attached hydrogens (tertiary/aromatic N) is 2. The Balaban J connectivity index is 1.74. The van der Waals surface area contributed by atoms with Crippen molar-refractivity contribution in [2.75, 3.05) is 17.7 Å². The van der Waals surface area contributed by atoms with E-state index in [4.69, 9.17) is 0 Å².